The van der Waals surface area contributed by atoms with Crippen LogP contribution in [0.3, 0.4) is 0 Å². The van der Waals surface area contributed by atoms with Gasteiger partial charge >= 0.3 is 104 Å². The van der Waals surface area contributed by atoms with E-state index in [2.05, 4.69) is 51.4 Å². The van der Waals surface area contributed by atoms with Gasteiger partial charge in [0.1, 0.15) is 0 Å². The third kappa shape index (κ3) is 1.04. The van der Waals surface area contributed by atoms with E-state index in [1.165, 1.54) is 21.7 Å². The average molecular weight is 321 g/mol. The van der Waals surface area contributed by atoms with E-state index in [1.807, 2.05) is 0 Å². The molecule has 0 fully saturated rings. The molecule has 78 valence electrons. The Bertz CT molecular complexity index is 724. The van der Waals surface area contributed by atoms with Crippen LogP contribution in [0.1, 0.15) is 0 Å². The van der Waals surface area contributed by atoms with Crippen LogP contribution >= 0.6 is 0 Å². The fourth-order valence-electron chi connectivity index (χ4n) is 2.19. The van der Waals surface area contributed by atoms with E-state index in [0.717, 1.165) is 5.75 Å². The predicted octanol–water partition coefficient (Wildman–Crippen LogP) is -0.560. The van der Waals surface area contributed by atoms with E-state index < -0.39 is 0 Å². The Morgan fingerprint density at radius 2 is 1.81 bits per heavy atom. The van der Waals surface area contributed by atoms with Crippen molar-refractivity contribution in [3.63, 3.8) is 0 Å². The number of aromatic nitrogens is 1. The Labute approximate surface area is 104 Å². The molecule has 0 aliphatic carbocycles. The molecule has 1 aliphatic heterocycles. The summed E-state index contributed by atoms with van der Waals surface area (Å²) >= 11 is -0.367. The third-order valence-corrected chi connectivity index (χ3v) is 4.76. The number of benzene rings is 2. The molecule has 1 aromatic heterocycles. The molecule has 2 nitrogen and oxygen atoms in total. The number of hydrogen-bond donors (Lipinski definition) is 0. The van der Waals surface area contributed by atoms with Gasteiger partial charge in [-0.2, -0.15) is 0 Å². The summed E-state index contributed by atoms with van der Waals surface area (Å²) < 4.78 is 8.04. The topological polar surface area (TPSA) is 13.1 Å². The number of fused-ring (bicyclic) bond motifs is 2. The molecule has 4 rings (SSSR count). The normalized spacial score (nSPS) is 13.8. The van der Waals surface area contributed by atoms with Gasteiger partial charge in [0.15, 0.2) is 0 Å². The molecule has 3 heteroatoms. The molecular weight excluding hydrogens is 313 g/mol. The van der Waals surface area contributed by atoms with Crippen molar-refractivity contribution in [1.29, 1.82) is 0 Å². The van der Waals surface area contributed by atoms with Crippen LogP contribution in [-0.4, -0.2) is 0 Å². The van der Waals surface area contributed by atoms with Crippen molar-refractivity contribution in [2.75, 3.05) is 0 Å². The minimum atomic E-state index is -0.367. The van der Waals surface area contributed by atoms with Gasteiger partial charge in [-0.3, -0.25) is 0 Å². The first kappa shape index (κ1) is 8.75. The maximum absolute atomic E-state index is 5.76. The van der Waals surface area contributed by atoms with Crippen LogP contribution < -0.4 is 27.7 Å². The molecule has 3 aromatic rings. The van der Waals surface area contributed by atoms with Crippen LogP contribution in [0.2, 0.25) is 0 Å². The Morgan fingerprint density at radius 3 is 2.81 bits per heavy atom. The fraction of sp³-hybridized carbons (Fsp3) is 0. The number of nitrogens with zero attached hydrogens (tertiary/aromatic N) is 1. The number of pyridine rings is 1. The molecule has 2 heterocycles. The van der Waals surface area contributed by atoms with Crippen molar-refractivity contribution >= 4 is 21.7 Å². The van der Waals surface area contributed by atoms with Crippen molar-refractivity contribution in [3.8, 4) is 5.75 Å². The standard InChI is InChI=1S/C13H8INO/c1-2-5-10-9(4-1)8-15-13-11(10)6-3-7-12(13)16-14-15/h1-8H. The van der Waals surface area contributed by atoms with Gasteiger partial charge in [0.05, 0.1) is 0 Å². The van der Waals surface area contributed by atoms with E-state index in [1.54, 1.807) is 0 Å². The van der Waals surface area contributed by atoms with Crippen LogP contribution in [0.5, 0.6) is 5.75 Å². The van der Waals surface area contributed by atoms with E-state index >= 15 is 0 Å². The van der Waals surface area contributed by atoms with Gasteiger partial charge < -0.3 is 0 Å². The summed E-state index contributed by atoms with van der Waals surface area (Å²) in [6.45, 7) is 0. The molecule has 0 atom stereocenters. The van der Waals surface area contributed by atoms with Crippen molar-refractivity contribution in [2.45, 2.75) is 0 Å². The average Bonchev–Trinajstić information content (AvgIpc) is 2.75. The minimum absolute atomic E-state index is 0.367. The first-order valence-electron chi connectivity index (χ1n) is 5.12. The summed E-state index contributed by atoms with van der Waals surface area (Å²) in [5.74, 6) is 1.04. The molecule has 0 saturated heterocycles. The molecule has 16 heavy (non-hydrogen) atoms. The van der Waals surface area contributed by atoms with Crippen molar-refractivity contribution in [2.24, 2.45) is 0 Å². The van der Waals surface area contributed by atoms with Gasteiger partial charge in [-0.1, -0.05) is 0 Å². The van der Waals surface area contributed by atoms with Crippen molar-refractivity contribution in [1.82, 2.24) is 0 Å². The monoisotopic (exact) mass is 321 g/mol. The van der Waals surface area contributed by atoms with Gasteiger partial charge in [-0.25, -0.2) is 0 Å². The van der Waals surface area contributed by atoms with Crippen LogP contribution in [0.4, 0.5) is 0 Å². The van der Waals surface area contributed by atoms with Crippen LogP contribution in [0.15, 0.2) is 48.7 Å². The van der Waals surface area contributed by atoms with E-state index in [9.17, 15) is 0 Å². The van der Waals surface area contributed by atoms with Crippen molar-refractivity contribution in [3.05, 3.63) is 48.7 Å². The summed E-state index contributed by atoms with van der Waals surface area (Å²) in [6, 6.07) is 14.8. The first-order chi connectivity index (χ1) is 7.93. The van der Waals surface area contributed by atoms with E-state index in [0.29, 0.717) is 0 Å². The molecule has 1 aliphatic rings. The molecule has 0 radical (unpaired) electrons. The van der Waals surface area contributed by atoms with Crippen LogP contribution in [0, 0.1) is 0 Å². The number of hydrogen-bond acceptors (Lipinski definition) is 1. The molecule has 0 unspecified atom stereocenters. The molecule has 0 amide bonds. The Balaban J connectivity index is 2.36. The van der Waals surface area contributed by atoms with Crippen LogP contribution in [-0.2, 0) is 0 Å². The molecule has 0 bridgehead atoms. The first-order valence-corrected chi connectivity index (χ1v) is 6.96. The summed E-state index contributed by atoms with van der Waals surface area (Å²) in [7, 11) is 0. The fourth-order valence-corrected chi connectivity index (χ4v) is 4.08. The Kier molecular flexibility index (Phi) is 1.68. The quantitative estimate of drug-likeness (QED) is 0.400. The number of para-hydroxylation sites is 1. The van der Waals surface area contributed by atoms with Crippen LogP contribution in [0.25, 0.3) is 21.7 Å². The van der Waals surface area contributed by atoms with Crippen molar-refractivity contribution < 1.29 is 27.7 Å². The molecule has 0 saturated carbocycles. The van der Waals surface area contributed by atoms with Gasteiger partial charge in [-0.15, -0.1) is 0 Å². The zero-order valence-corrected chi connectivity index (χ0v) is 10.5. The van der Waals surface area contributed by atoms with E-state index in [-0.39, 0.29) is 21.9 Å². The zero-order valence-electron chi connectivity index (χ0n) is 8.35. The summed E-state index contributed by atoms with van der Waals surface area (Å²) in [5, 5.41) is 3.90. The van der Waals surface area contributed by atoms with E-state index in [4.69, 9.17) is 3.07 Å². The second-order valence-electron chi connectivity index (χ2n) is 3.83. The Morgan fingerprint density at radius 1 is 0.938 bits per heavy atom. The second kappa shape index (κ2) is 3.07. The van der Waals surface area contributed by atoms with Gasteiger partial charge in [-0.05, 0) is 0 Å². The van der Waals surface area contributed by atoms with Gasteiger partial charge in [0.2, 0.25) is 0 Å². The number of rotatable bonds is 0. The second-order valence-corrected chi connectivity index (χ2v) is 5.70. The SMILES string of the molecule is c1ccc2c(c1)c[n+]1c3c(cccc23)O[I-]1. The maximum atomic E-state index is 5.76. The van der Waals surface area contributed by atoms with Gasteiger partial charge in [0.25, 0.3) is 0 Å². The molecular formula is C13H8INO. The Hall–Kier alpha value is -1.36. The summed E-state index contributed by atoms with van der Waals surface area (Å²) in [6.07, 6.45) is 2.21. The zero-order chi connectivity index (χ0) is 10.5. The molecule has 0 N–H and O–H groups in total. The van der Waals surface area contributed by atoms with Gasteiger partial charge in [0, 0.05) is 0 Å². The summed E-state index contributed by atoms with van der Waals surface area (Å²) in [4.78, 5) is 0. The predicted molar refractivity (Wildman–Crippen MR) is 57.7 cm³/mol. The molecule has 0 spiro atoms. The molecule has 2 aromatic carbocycles. The number of halogens is 1. The third-order valence-electron chi connectivity index (χ3n) is 2.91. The summed E-state index contributed by atoms with van der Waals surface area (Å²) in [5.41, 5.74) is 1.26.